The van der Waals surface area contributed by atoms with E-state index in [1.54, 1.807) is 14.0 Å². The minimum atomic E-state index is -0.928. The zero-order valence-electron chi connectivity index (χ0n) is 18.1. The van der Waals surface area contributed by atoms with Crippen molar-refractivity contribution in [2.45, 2.75) is 79.1 Å². The number of carboxylic acid groups (broad SMARTS) is 1. The van der Waals surface area contributed by atoms with Gasteiger partial charge in [-0.1, -0.05) is 53.7 Å². The molecule has 0 aromatic heterocycles. The van der Waals surface area contributed by atoms with Gasteiger partial charge in [0.25, 0.3) is 0 Å². The predicted octanol–water partition coefficient (Wildman–Crippen LogP) is 5.48. The van der Waals surface area contributed by atoms with Gasteiger partial charge in [0.05, 0.1) is 26.6 Å². The van der Waals surface area contributed by atoms with E-state index in [1.165, 1.54) is 0 Å². The minimum Gasteiger partial charge on any atom is -0.496 e. The van der Waals surface area contributed by atoms with Crippen LogP contribution in [0.2, 0.25) is 0 Å². The van der Waals surface area contributed by atoms with Crippen molar-refractivity contribution < 1.29 is 24.2 Å². The molecule has 5 heteroatoms. The Balaban J connectivity index is 0.00000326. The van der Waals surface area contributed by atoms with Crippen LogP contribution in [-0.2, 0) is 14.3 Å². The highest BCUT2D eigenvalue weighted by atomic mass is 16.5. The molecule has 27 heavy (non-hydrogen) atoms. The first-order chi connectivity index (χ1) is 12.7. The van der Waals surface area contributed by atoms with Gasteiger partial charge in [0.2, 0.25) is 0 Å². The Hall–Kier alpha value is -2.04. The van der Waals surface area contributed by atoms with E-state index in [9.17, 15) is 14.7 Å². The van der Waals surface area contributed by atoms with E-state index in [4.69, 9.17) is 9.47 Å². The topological polar surface area (TPSA) is 72.8 Å². The summed E-state index contributed by atoms with van der Waals surface area (Å²) in [6, 6.07) is 3.95. The monoisotopic (exact) mass is 380 g/mol. The minimum absolute atomic E-state index is 0.0571. The van der Waals surface area contributed by atoms with Crippen LogP contribution >= 0.6 is 0 Å². The molecule has 0 radical (unpaired) electrons. The van der Waals surface area contributed by atoms with Gasteiger partial charge in [-0.25, -0.2) is 0 Å². The largest absolute Gasteiger partial charge is 0.496 e. The molecular formula is C22H36O5. The predicted molar refractivity (Wildman–Crippen MR) is 109 cm³/mol. The van der Waals surface area contributed by atoms with Gasteiger partial charge >= 0.3 is 11.9 Å². The summed E-state index contributed by atoms with van der Waals surface area (Å²) >= 11 is 0. The van der Waals surface area contributed by atoms with Gasteiger partial charge in [0.15, 0.2) is 0 Å². The number of esters is 1. The van der Waals surface area contributed by atoms with Crippen LogP contribution in [-0.4, -0.2) is 30.8 Å². The van der Waals surface area contributed by atoms with Crippen molar-refractivity contribution in [3.8, 4) is 5.75 Å². The summed E-state index contributed by atoms with van der Waals surface area (Å²) < 4.78 is 10.6. The van der Waals surface area contributed by atoms with Crippen LogP contribution in [0.1, 0.15) is 95.8 Å². The maximum atomic E-state index is 11.9. The molecule has 1 unspecified atom stereocenters. The van der Waals surface area contributed by atoms with Crippen LogP contribution in [0.4, 0.5) is 0 Å². The van der Waals surface area contributed by atoms with E-state index in [2.05, 4.69) is 27.7 Å². The fourth-order valence-corrected chi connectivity index (χ4v) is 2.97. The van der Waals surface area contributed by atoms with Gasteiger partial charge in [-0.15, -0.1) is 0 Å². The van der Waals surface area contributed by atoms with E-state index < -0.39 is 11.9 Å². The molecule has 1 aromatic carbocycles. The molecule has 154 valence electrons. The van der Waals surface area contributed by atoms with Crippen LogP contribution in [0, 0.1) is 0 Å². The normalized spacial score (nSPS) is 11.6. The number of rotatable bonds is 9. The van der Waals surface area contributed by atoms with Crippen LogP contribution in [0.15, 0.2) is 12.1 Å². The van der Waals surface area contributed by atoms with Crippen molar-refractivity contribution in [2.24, 2.45) is 0 Å². The summed E-state index contributed by atoms with van der Waals surface area (Å²) in [6.45, 7) is 14.3. The molecule has 1 atom stereocenters. The molecule has 0 heterocycles. The second-order valence-corrected chi connectivity index (χ2v) is 6.85. The number of carboxylic acids is 1. The standard InChI is InChI=1S/C20H30O5.C2H6/c1-7-25-19(23)11-15(10-18(21)22)14-8-16(12(2)3)20(24-6)17(9-14)13(4)5;1-2/h8-9,12-13,15H,7,10-11H2,1-6H3,(H,21,22);1-2H3. The molecule has 1 N–H and O–H groups in total. The Morgan fingerprint density at radius 3 is 1.81 bits per heavy atom. The molecule has 0 bridgehead atoms. The number of carbonyl (C=O) groups is 2. The first kappa shape index (κ1) is 25.0. The summed E-state index contributed by atoms with van der Waals surface area (Å²) in [5.74, 6) is -0.429. The van der Waals surface area contributed by atoms with Crippen LogP contribution in [0.3, 0.4) is 0 Å². The lowest BCUT2D eigenvalue weighted by Crippen LogP contribution is -2.15. The molecule has 5 nitrogen and oxygen atoms in total. The smallest absolute Gasteiger partial charge is 0.306 e. The Kier molecular flexibility index (Phi) is 11.4. The fraction of sp³-hybridized carbons (Fsp3) is 0.636. The molecule has 0 fully saturated rings. The van der Waals surface area contributed by atoms with Crippen molar-refractivity contribution in [3.05, 3.63) is 28.8 Å². The SMILES string of the molecule is CC.CCOC(=O)CC(CC(=O)O)c1cc(C(C)C)c(OC)c(C(C)C)c1. The van der Waals surface area contributed by atoms with Crippen molar-refractivity contribution in [1.82, 2.24) is 0 Å². The third-order valence-electron chi connectivity index (χ3n) is 4.23. The molecule has 1 aromatic rings. The average Bonchev–Trinajstić information content (AvgIpc) is 2.61. The lowest BCUT2D eigenvalue weighted by Gasteiger charge is -2.23. The van der Waals surface area contributed by atoms with E-state index >= 15 is 0 Å². The highest BCUT2D eigenvalue weighted by molar-refractivity contribution is 5.74. The summed E-state index contributed by atoms with van der Waals surface area (Å²) in [5.41, 5.74) is 2.91. The van der Waals surface area contributed by atoms with Crippen LogP contribution in [0.25, 0.3) is 0 Å². The third-order valence-corrected chi connectivity index (χ3v) is 4.23. The highest BCUT2D eigenvalue weighted by Crippen LogP contribution is 2.38. The first-order valence-electron chi connectivity index (χ1n) is 9.80. The Labute approximate surface area is 164 Å². The molecule has 0 aliphatic carbocycles. The highest BCUT2D eigenvalue weighted by Gasteiger charge is 2.24. The molecule has 0 amide bonds. The van der Waals surface area contributed by atoms with E-state index in [-0.39, 0.29) is 37.3 Å². The van der Waals surface area contributed by atoms with Gasteiger partial charge in [-0.05, 0) is 35.4 Å². The Morgan fingerprint density at radius 2 is 1.48 bits per heavy atom. The summed E-state index contributed by atoms with van der Waals surface area (Å²) in [7, 11) is 1.65. The number of carbonyl (C=O) groups excluding carboxylic acids is 1. The second kappa shape index (κ2) is 12.4. The molecule has 0 saturated heterocycles. The van der Waals surface area contributed by atoms with Crippen LogP contribution in [0.5, 0.6) is 5.75 Å². The van der Waals surface area contributed by atoms with Gasteiger partial charge in [0, 0.05) is 5.92 Å². The van der Waals surface area contributed by atoms with E-state index in [0.717, 1.165) is 22.4 Å². The van der Waals surface area contributed by atoms with Crippen LogP contribution < -0.4 is 4.74 Å². The molecular weight excluding hydrogens is 344 g/mol. The third kappa shape index (κ3) is 7.61. The summed E-state index contributed by atoms with van der Waals surface area (Å²) in [4.78, 5) is 23.2. The van der Waals surface area contributed by atoms with Gasteiger partial charge in [-0.3, -0.25) is 9.59 Å². The number of hydrogen-bond donors (Lipinski definition) is 1. The average molecular weight is 381 g/mol. The Morgan fingerprint density at radius 1 is 1.00 bits per heavy atom. The van der Waals surface area contributed by atoms with Crippen molar-refractivity contribution in [3.63, 3.8) is 0 Å². The molecule has 1 rings (SSSR count). The lowest BCUT2D eigenvalue weighted by molar-refractivity contribution is -0.144. The van der Waals surface area contributed by atoms with Crippen molar-refractivity contribution in [1.29, 1.82) is 0 Å². The number of methoxy groups -OCH3 is 1. The van der Waals surface area contributed by atoms with E-state index in [1.807, 2.05) is 26.0 Å². The van der Waals surface area contributed by atoms with Crippen molar-refractivity contribution >= 4 is 11.9 Å². The van der Waals surface area contributed by atoms with E-state index in [0.29, 0.717) is 0 Å². The maximum absolute atomic E-state index is 11.9. The molecule has 0 saturated carbocycles. The van der Waals surface area contributed by atoms with Gasteiger partial charge in [0.1, 0.15) is 5.75 Å². The number of aliphatic carboxylic acids is 1. The number of hydrogen-bond acceptors (Lipinski definition) is 4. The molecule has 0 spiro atoms. The number of benzene rings is 1. The maximum Gasteiger partial charge on any atom is 0.306 e. The van der Waals surface area contributed by atoms with Crippen molar-refractivity contribution in [2.75, 3.05) is 13.7 Å². The first-order valence-corrected chi connectivity index (χ1v) is 9.80. The zero-order valence-corrected chi connectivity index (χ0v) is 18.1. The van der Waals surface area contributed by atoms with Gasteiger partial charge in [-0.2, -0.15) is 0 Å². The van der Waals surface area contributed by atoms with Gasteiger partial charge < -0.3 is 14.6 Å². The summed E-state index contributed by atoms with van der Waals surface area (Å²) in [6.07, 6.45) is -0.0538. The molecule has 0 aliphatic heterocycles. The summed E-state index contributed by atoms with van der Waals surface area (Å²) in [5, 5.41) is 9.27. The quantitative estimate of drug-likeness (QED) is 0.574. The second-order valence-electron chi connectivity index (χ2n) is 6.85. The molecule has 0 aliphatic rings. The lowest BCUT2D eigenvalue weighted by atomic mass is 9.85. The number of ether oxygens (including phenoxy) is 2. The zero-order chi connectivity index (χ0) is 21.1. The Bertz CT molecular complexity index is 576. The fourth-order valence-electron chi connectivity index (χ4n) is 2.97.